The summed E-state index contributed by atoms with van der Waals surface area (Å²) < 4.78 is 5.32. The number of rotatable bonds is 6. The van der Waals surface area contributed by atoms with Crippen molar-refractivity contribution in [3.63, 3.8) is 0 Å². The lowest BCUT2D eigenvalue weighted by molar-refractivity contribution is -0.126. The Kier molecular flexibility index (Phi) is 6.76. The highest BCUT2D eigenvalue weighted by molar-refractivity contribution is 5.78. The molecule has 2 atom stereocenters. The van der Waals surface area contributed by atoms with Crippen molar-refractivity contribution in [1.82, 2.24) is 10.2 Å². The maximum Gasteiger partial charge on any atom is 0.223 e. The second-order valence-corrected chi connectivity index (χ2v) is 6.05. The van der Waals surface area contributed by atoms with E-state index in [9.17, 15) is 4.79 Å². The average molecular weight is 283 g/mol. The van der Waals surface area contributed by atoms with Gasteiger partial charge >= 0.3 is 0 Å². The Morgan fingerprint density at radius 1 is 1.30 bits per heavy atom. The van der Waals surface area contributed by atoms with E-state index in [0.717, 1.165) is 65.2 Å². The quantitative estimate of drug-likeness (QED) is 0.749. The lowest BCUT2D eigenvalue weighted by Gasteiger charge is -2.29. The number of nitrogens with zero attached hydrogens (tertiary/aromatic N) is 1. The molecule has 1 heterocycles. The highest BCUT2D eigenvalue weighted by atomic mass is 16.5. The second kappa shape index (κ2) is 8.60. The van der Waals surface area contributed by atoms with Crippen LogP contribution in [-0.4, -0.2) is 56.7 Å². The number of ether oxygens (including phenoxy) is 1. The Morgan fingerprint density at radius 3 is 2.85 bits per heavy atom. The fourth-order valence-corrected chi connectivity index (χ4v) is 3.33. The number of nitrogens with one attached hydrogen (secondary N) is 1. The molecule has 116 valence electrons. The molecule has 1 saturated heterocycles. The van der Waals surface area contributed by atoms with E-state index in [0.29, 0.717) is 5.92 Å². The van der Waals surface area contributed by atoms with Crippen molar-refractivity contribution in [3.05, 3.63) is 0 Å². The van der Waals surface area contributed by atoms with Crippen molar-refractivity contribution in [2.24, 2.45) is 17.6 Å². The molecule has 20 heavy (non-hydrogen) atoms. The van der Waals surface area contributed by atoms with Gasteiger partial charge < -0.3 is 15.8 Å². The summed E-state index contributed by atoms with van der Waals surface area (Å²) in [5.41, 5.74) is 5.63. The number of amides is 1. The molecular formula is C15H29N3O2. The van der Waals surface area contributed by atoms with Gasteiger partial charge in [0.05, 0.1) is 13.2 Å². The van der Waals surface area contributed by atoms with E-state index in [1.165, 1.54) is 12.8 Å². The minimum absolute atomic E-state index is 0.213. The van der Waals surface area contributed by atoms with E-state index in [2.05, 4.69) is 10.2 Å². The van der Waals surface area contributed by atoms with E-state index in [1.54, 1.807) is 0 Å². The van der Waals surface area contributed by atoms with Crippen LogP contribution in [0.15, 0.2) is 0 Å². The molecule has 5 nitrogen and oxygen atoms in total. The Morgan fingerprint density at radius 2 is 2.10 bits per heavy atom. The molecule has 0 bridgehead atoms. The Balaban J connectivity index is 1.63. The van der Waals surface area contributed by atoms with Gasteiger partial charge in [0.15, 0.2) is 0 Å². The van der Waals surface area contributed by atoms with E-state index in [-0.39, 0.29) is 11.8 Å². The molecule has 0 spiro atoms. The predicted octanol–water partition coefficient (Wildman–Crippen LogP) is 0.590. The zero-order valence-electron chi connectivity index (χ0n) is 12.5. The zero-order chi connectivity index (χ0) is 14.2. The molecule has 0 aromatic heterocycles. The molecule has 2 unspecified atom stereocenters. The summed E-state index contributed by atoms with van der Waals surface area (Å²) in [6.07, 6.45) is 5.56. The minimum Gasteiger partial charge on any atom is -0.379 e. The van der Waals surface area contributed by atoms with Crippen LogP contribution in [0.3, 0.4) is 0 Å². The Labute approximate surface area is 122 Å². The fourth-order valence-electron chi connectivity index (χ4n) is 3.33. The maximum atomic E-state index is 12.2. The SMILES string of the molecule is NCCC1CCCC(C(=O)NCCN2CCOCC2)C1. The normalized spacial score (nSPS) is 28.2. The van der Waals surface area contributed by atoms with Crippen LogP contribution in [0.1, 0.15) is 32.1 Å². The first-order chi connectivity index (χ1) is 9.79. The standard InChI is InChI=1S/C15H29N3O2/c16-5-4-13-2-1-3-14(12-13)15(19)17-6-7-18-8-10-20-11-9-18/h13-14H,1-12,16H2,(H,17,19). The fraction of sp³-hybridized carbons (Fsp3) is 0.933. The first kappa shape index (κ1) is 15.7. The van der Waals surface area contributed by atoms with Crippen molar-refractivity contribution in [3.8, 4) is 0 Å². The number of hydrogen-bond donors (Lipinski definition) is 2. The van der Waals surface area contributed by atoms with Gasteiger partial charge in [-0.1, -0.05) is 12.8 Å². The van der Waals surface area contributed by atoms with Crippen LogP contribution < -0.4 is 11.1 Å². The molecule has 3 N–H and O–H groups in total. The number of hydrogen-bond acceptors (Lipinski definition) is 4. The van der Waals surface area contributed by atoms with Crippen LogP contribution in [0.4, 0.5) is 0 Å². The van der Waals surface area contributed by atoms with Gasteiger partial charge in [-0.25, -0.2) is 0 Å². The molecule has 0 aromatic rings. The van der Waals surface area contributed by atoms with Crippen LogP contribution in [0.2, 0.25) is 0 Å². The Hall–Kier alpha value is -0.650. The summed E-state index contributed by atoms with van der Waals surface area (Å²) >= 11 is 0. The van der Waals surface area contributed by atoms with Crippen molar-refractivity contribution >= 4 is 5.91 Å². The van der Waals surface area contributed by atoms with Crippen molar-refractivity contribution in [2.75, 3.05) is 45.9 Å². The third-order valence-corrected chi connectivity index (χ3v) is 4.56. The van der Waals surface area contributed by atoms with Gasteiger partial charge in [-0.2, -0.15) is 0 Å². The van der Waals surface area contributed by atoms with Crippen molar-refractivity contribution < 1.29 is 9.53 Å². The molecule has 1 aliphatic carbocycles. The van der Waals surface area contributed by atoms with E-state index in [1.807, 2.05) is 0 Å². The van der Waals surface area contributed by atoms with Crippen LogP contribution in [-0.2, 0) is 9.53 Å². The van der Waals surface area contributed by atoms with Gasteiger partial charge in [0, 0.05) is 32.1 Å². The van der Waals surface area contributed by atoms with Gasteiger partial charge in [0.2, 0.25) is 5.91 Å². The minimum atomic E-state index is 0.213. The predicted molar refractivity (Wildman–Crippen MR) is 79.4 cm³/mol. The number of nitrogens with two attached hydrogens (primary N) is 1. The van der Waals surface area contributed by atoms with Crippen molar-refractivity contribution in [2.45, 2.75) is 32.1 Å². The highest BCUT2D eigenvalue weighted by Crippen LogP contribution is 2.30. The van der Waals surface area contributed by atoms with Gasteiger partial charge in [0.1, 0.15) is 0 Å². The smallest absolute Gasteiger partial charge is 0.223 e. The summed E-state index contributed by atoms with van der Waals surface area (Å²) in [6, 6.07) is 0. The largest absolute Gasteiger partial charge is 0.379 e. The molecule has 0 radical (unpaired) electrons. The number of morpholine rings is 1. The molecular weight excluding hydrogens is 254 g/mol. The summed E-state index contributed by atoms with van der Waals surface area (Å²) in [5.74, 6) is 1.12. The molecule has 1 aliphatic heterocycles. The van der Waals surface area contributed by atoms with Crippen LogP contribution in [0.5, 0.6) is 0 Å². The Bertz CT molecular complexity index is 291. The summed E-state index contributed by atoms with van der Waals surface area (Å²) in [6.45, 7) is 6.05. The second-order valence-electron chi connectivity index (χ2n) is 6.05. The monoisotopic (exact) mass is 283 g/mol. The zero-order valence-corrected chi connectivity index (χ0v) is 12.5. The lowest BCUT2D eigenvalue weighted by Crippen LogP contribution is -2.43. The summed E-state index contributed by atoms with van der Waals surface area (Å²) in [5, 5.41) is 3.11. The lowest BCUT2D eigenvalue weighted by atomic mass is 9.79. The van der Waals surface area contributed by atoms with E-state index in [4.69, 9.17) is 10.5 Å². The molecule has 1 amide bonds. The van der Waals surface area contributed by atoms with Gasteiger partial charge in [-0.15, -0.1) is 0 Å². The highest BCUT2D eigenvalue weighted by Gasteiger charge is 2.26. The first-order valence-electron chi connectivity index (χ1n) is 8.07. The molecule has 0 aromatic carbocycles. The van der Waals surface area contributed by atoms with E-state index < -0.39 is 0 Å². The summed E-state index contributed by atoms with van der Waals surface area (Å²) in [7, 11) is 0. The van der Waals surface area contributed by atoms with E-state index >= 15 is 0 Å². The molecule has 1 saturated carbocycles. The third-order valence-electron chi connectivity index (χ3n) is 4.56. The van der Waals surface area contributed by atoms with Crippen LogP contribution >= 0.6 is 0 Å². The summed E-state index contributed by atoms with van der Waals surface area (Å²) in [4.78, 5) is 14.6. The molecule has 2 rings (SSSR count). The topological polar surface area (TPSA) is 67.6 Å². The van der Waals surface area contributed by atoms with Crippen LogP contribution in [0.25, 0.3) is 0 Å². The van der Waals surface area contributed by atoms with Crippen LogP contribution in [0, 0.1) is 11.8 Å². The van der Waals surface area contributed by atoms with Gasteiger partial charge in [-0.05, 0) is 31.7 Å². The third kappa shape index (κ3) is 5.04. The van der Waals surface area contributed by atoms with Gasteiger partial charge in [-0.3, -0.25) is 9.69 Å². The number of carbonyl (C=O) groups is 1. The number of carbonyl (C=O) groups excluding carboxylic acids is 1. The van der Waals surface area contributed by atoms with Gasteiger partial charge in [0.25, 0.3) is 0 Å². The molecule has 2 fully saturated rings. The molecule has 2 aliphatic rings. The van der Waals surface area contributed by atoms with Crippen molar-refractivity contribution in [1.29, 1.82) is 0 Å². The first-order valence-corrected chi connectivity index (χ1v) is 8.07. The molecule has 5 heteroatoms. The average Bonchev–Trinajstić information content (AvgIpc) is 2.49. The maximum absolute atomic E-state index is 12.2.